The van der Waals surface area contributed by atoms with E-state index in [1.54, 1.807) is 11.3 Å². The van der Waals surface area contributed by atoms with E-state index in [-0.39, 0.29) is 0 Å². The summed E-state index contributed by atoms with van der Waals surface area (Å²) in [7, 11) is 0. The molecule has 0 spiro atoms. The van der Waals surface area contributed by atoms with Gasteiger partial charge in [-0.05, 0) is 69.0 Å². The van der Waals surface area contributed by atoms with Gasteiger partial charge >= 0.3 is 0 Å². The van der Waals surface area contributed by atoms with Gasteiger partial charge in [0.15, 0.2) is 0 Å². The largest absolute Gasteiger partial charge is 0.371 e. The maximum absolute atomic E-state index is 5.93. The fraction of sp³-hybridized carbons (Fsp3) is 0.391. The van der Waals surface area contributed by atoms with E-state index in [2.05, 4.69) is 57.4 Å². The molecule has 152 valence electrons. The number of aromatic nitrogens is 2. The third-order valence-electron chi connectivity index (χ3n) is 5.28. The third-order valence-corrected chi connectivity index (χ3v) is 6.99. The highest BCUT2D eigenvalue weighted by molar-refractivity contribution is 9.10. The molecule has 1 unspecified atom stereocenters. The zero-order valence-electron chi connectivity index (χ0n) is 16.7. The van der Waals surface area contributed by atoms with Gasteiger partial charge in [0, 0.05) is 28.0 Å². The maximum atomic E-state index is 5.93. The lowest BCUT2D eigenvalue weighted by atomic mass is 10.1. The van der Waals surface area contributed by atoms with Crippen LogP contribution in [0.5, 0.6) is 0 Å². The molecule has 0 bridgehead atoms. The van der Waals surface area contributed by atoms with Gasteiger partial charge in [-0.15, -0.1) is 11.3 Å². The summed E-state index contributed by atoms with van der Waals surface area (Å²) in [6.07, 6.45) is 6.66. The molecule has 1 atom stereocenters. The summed E-state index contributed by atoms with van der Waals surface area (Å²) < 4.78 is 7.01. The molecule has 1 fully saturated rings. The second-order valence-corrected chi connectivity index (χ2v) is 9.51. The molecule has 0 amide bonds. The van der Waals surface area contributed by atoms with Crippen molar-refractivity contribution in [3.05, 3.63) is 68.9 Å². The van der Waals surface area contributed by atoms with Crippen molar-refractivity contribution < 1.29 is 4.74 Å². The Morgan fingerprint density at radius 3 is 2.86 bits per heavy atom. The number of nitrogens with one attached hydrogen (secondary N) is 1. The standard InChI is InChI=1S/C23H26BrN3OS/c1-16-22(15-28-14-17-4-6-19(24)7-5-17)29-23(27-16)18-10-12-26-21(13-18)9-8-20-3-2-11-25-20/h4-7,10,12-13,20,25H,2-3,8-9,11,14-15H2,1H3. The van der Waals surface area contributed by atoms with Gasteiger partial charge < -0.3 is 10.1 Å². The number of hydrogen-bond donors (Lipinski definition) is 1. The van der Waals surface area contributed by atoms with Crippen LogP contribution in [0.2, 0.25) is 0 Å². The van der Waals surface area contributed by atoms with E-state index in [1.807, 2.05) is 18.3 Å². The molecule has 1 aromatic carbocycles. The Morgan fingerprint density at radius 2 is 2.07 bits per heavy atom. The molecule has 3 heterocycles. The van der Waals surface area contributed by atoms with Gasteiger partial charge in [0.2, 0.25) is 0 Å². The van der Waals surface area contributed by atoms with Gasteiger partial charge in [-0.2, -0.15) is 0 Å². The zero-order chi connectivity index (χ0) is 20.1. The van der Waals surface area contributed by atoms with E-state index >= 15 is 0 Å². The summed E-state index contributed by atoms with van der Waals surface area (Å²) in [5.74, 6) is 0. The van der Waals surface area contributed by atoms with Crippen molar-refractivity contribution in [2.75, 3.05) is 6.54 Å². The molecule has 2 aromatic heterocycles. The molecular formula is C23H26BrN3OS. The molecule has 0 saturated carbocycles. The average molecular weight is 472 g/mol. The lowest BCUT2D eigenvalue weighted by Gasteiger charge is -2.09. The van der Waals surface area contributed by atoms with Crippen molar-refractivity contribution in [2.45, 2.75) is 51.9 Å². The van der Waals surface area contributed by atoms with Crippen LogP contribution in [0.4, 0.5) is 0 Å². The second kappa shape index (κ2) is 9.94. The predicted molar refractivity (Wildman–Crippen MR) is 122 cm³/mol. The van der Waals surface area contributed by atoms with Crippen LogP contribution in [0.1, 0.15) is 41.1 Å². The summed E-state index contributed by atoms with van der Waals surface area (Å²) in [6, 6.07) is 13.1. The van der Waals surface area contributed by atoms with Crippen LogP contribution in [-0.2, 0) is 24.4 Å². The van der Waals surface area contributed by atoms with Crippen molar-refractivity contribution in [2.24, 2.45) is 0 Å². The van der Waals surface area contributed by atoms with Crippen LogP contribution in [-0.4, -0.2) is 22.6 Å². The molecule has 4 rings (SSSR count). The highest BCUT2D eigenvalue weighted by Crippen LogP contribution is 2.29. The maximum Gasteiger partial charge on any atom is 0.124 e. The van der Waals surface area contributed by atoms with Gasteiger partial charge in [-0.3, -0.25) is 4.98 Å². The molecule has 1 aliphatic rings. The minimum absolute atomic E-state index is 0.588. The number of thiazole rings is 1. The third kappa shape index (κ3) is 5.72. The molecule has 29 heavy (non-hydrogen) atoms. The average Bonchev–Trinajstić information content (AvgIpc) is 3.38. The molecule has 1 aliphatic heterocycles. The lowest BCUT2D eigenvalue weighted by Crippen LogP contribution is -2.21. The fourth-order valence-corrected chi connectivity index (χ4v) is 4.86. The number of halogens is 1. The summed E-state index contributed by atoms with van der Waals surface area (Å²) in [5.41, 5.74) is 4.53. The Hall–Kier alpha value is -1.60. The van der Waals surface area contributed by atoms with Gasteiger partial charge in [-0.1, -0.05) is 28.1 Å². The van der Waals surface area contributed by atoms with Crippen LogP contribution in [0, 0.1) is 6.92 Å². The fourth-order valence-electron chi connectivity index (χ4n) is 3.60. The Kier molecular flexibility index (Phi) is 7.08. The Bertz CT molecular complexity index is 936. The molecule has 6 heteroatoms. The summed E-state index contributed by atoms with van der Waals surface area (Å²) in [4.78, 5) is 10.5. The molecule has 4 nitrogen and oxygen atoms in total. The van der Waals surface area contributed by atoms with Crippen molar-refractivity contribution >= 4 is 27.3 Å². The van der Waals surface area contributed by atoms with E-state index in [4.69, 9.17) is 9.72 Å². The topological polar surface area (TPSA) is 47.0 Å². The van der Waals surface area contributed by atoms with Crippen molar-refractivity contribution in [1.29, 1.82) is 0 Å². The molecule has 3 aromatic rings. The van der Waals surface area contributed by atoms with Crippen LogP contribution in [0.3, 0.4) is 0 Å². The number of nitrogens with zero attached hydrogens (tertiary/aromatic N) is 2. The van der Waals surface area contributed by atoms with E-state index in [0.717, 1.165) is 45.8 Å². The van der Waals surface area contributed by atoms with Crippen LogP contribution in [0.25, 0.3) is 10.6 Å². The molecular weight excluding hydrogens is 446 g/mol. The second-order valence-electron chi connectivity index (χ2n) is 7.51. The smallest absolute Gasteiger partial charge is 0.124 e. The monoisotopic (exact) mass is 471 g/mol. The molecule has 0 radical (unpaired) electrons. The van der Waals surface area contributed by atoms with Crippen LogP contribution in [0.15, 0.2) is 47.1 Å². The van der Waals surface area contributed by atoms with Crippen molar-refractivity contribution in [3.63, 3.8) is 0 Å². The van der Waals surface area contributed by atoms with E-state index in [0.29, 0.717) is 19.3 Å². The van der Waals surface area contributed by atoms with Gasteiger partial charge in [0.05, 0.1) is 23.8 Å². The number of rotatable bonds is 8. The summed E-state index contributed by atoms with van der Waals surface area (Å²) >= 11 is 5.18. The number of hydrogen-bond acceptors (Lipinski definition) is 5. The van der Waals surface area contributed by atoms with Crippen molar-refractivity contribution in [3.8, 4) is 10.6 Å². The SMILES string of the molecule is Cc1nc(-c2ccnc(CCC3CCCN3)c2)sc1COCc1ccc(Br)cc1. The molecule has 1 saturated heterocycles. The van der Waals surface area contributed by atoms with Gasteiger partial charge in [0.1, 0.15) is 5.01 Å². The summed E-state index contributed by atoms with van der Waals surface area (Å²) in [5, 5.41) is 4.61. The molecule has 1 N–H and O–H groups in total. The number of ether oxygens (including phenoxy) is 1. The van der Waals surface area contributed by atoms with E-state index in [9.17, 15) is 0 Å². The first-order valence-electron chi connectivity index (χ1n) is 10.1. The van der Waals surface area contributed by atoms with Crippen molar-refractivity contribution in [1.82, 2.24) is 15.3 Å². The first-order valence-corrected chi connectivity index (χ1v) is 11.8. The summed E-state index contributed by atoms with van der Waals surface area (Å²) in [6.45, 7) is 4.41. The highest BCUT2D eigenvalue weighted by atomic mass is 79.9. The Morgan fingerprint density at radius 1 is 1.21 bits per heavy atom. The predicted octanol–water partition coefficient (Wildman–Crippen LogP) is 5.68. The normalized spacial score (nSPS) is 16.4. The first-order chi connectivity index (χ1) is 14.2. The van der Waals surface area contributed by atoms with E-state index in [1.165, 1.54) is 23.3 Å². The minimum Gasteiger partial charge on any atom is -0.371 e. The Balaban J connectivity index is 1.36. The van der Waals surface area contributed by atoms with Crippen LogP contribution < -0.4 is 5.32 Å². The lowest BCUT2D eigenvalue weighted by molar-refractivity contribution is 0.109. The number of aryl methyl sites for hydroxylation is 2. The van der Waals surface area contributed by atoms with E-state index < -0.39 is 0 Å². The number of benzene rings is 1. The van der Waals surface area contributed by atoms with Crippen LogP contribution >= 0.6 is 27.3 Å². The quantitative estimate of drug-likeness (QED) is 0.459. The zero-order valence-corrected chi connectivity index (χ0v) is 19.1. The van der Waals surface area contributed by atoms with Gasteiger partial charge in [-0.25, -0.2) is 4.98 Å². The minimum atomic E-state index is 0.588. The Labute approximate surface area is 184 Å². The highest BCUT2D eigenvalue weighted by Gasteiger charge is 2.15. The number of pyridine rings is 1. The molecule has 0 aliphatic carbocycles. The van der Waals surface area contributed by atoms with Gasteiger partial charge in [0.25, 0.3) is 0 Å². The first kappa shape index (κ1) is 20.7.